The van der Waals surface area contributed by atoms with Gasteiger partial charge in [-0.3, -0.25) is 0 Å². The van der Waals surface area contributed by atoms with Crippen LogP contribution in [0.4, 0.5) is 10.3 Å². The molecule has 1 aromatic heterocycles. The average Bonchev–Trinajstić information content (AvgIpc) is 3.15. The van der Waals surface area contributed by atoms with Gasteiger partial charge in [0.2, 0.25) is 5.95 Å². The Morgan fingerprint density at radius 3 is 2.62 bits per heavy atom. The van der Waals surface area contributed by atoms with E-state index in [4.69, 9.17) is 9.47 Å². The number of nitrogens with zero attached hydrogens (tertiary/aromatic N) is 4. The third kappa shape index (κ3) is 2.65. The van der Waals surface area contributed by atoms with E-state index < -0.39 is 0 Å². The lowest BCUT2D eigenvalue weighted by molar-refractivity contribution is 0.348. The first-order valence-corrected chi connectivity index (χ1v) is 7.95. The molecule has 1 atom stereocenters. The van der Waals surface area contributed by atoms with E-state index in [1.165, 1.54) is 12.1 Å². The number of halogens is 1. The molecule has 7 nitrogen and oxygen atoms in total. The highest BCUT2D eigenvalue weighted by Crippen LogP contribution is 2.40. The largest absolute Gasteiger partial charge is 0.493 e. The lowest BCUT2D eigenvalue weighted by Crippen LogP contribution is -2.21. The van der Waals surface area contributed by atoms with Crippen LogP contribution in [0.1, 0.15) is 17.2 Å². The number of aromatic nitrogens is 4. The topological polar surface area (TPSA) is 74.1 Å². The SMILES string of the molecule is COc1cccc(C2C=C(c3ccc(F)cc3)Nc3nnnn32)c1OC. The molecule has 132 valence electrons. The molecule has 0 bridgehead atoms. The van der Waals surface area contributed by atoms with Crippen molar-refractivity contribution >= 4 is 11.6 Å². The Bertz CT molecular complexity index is 968. The van der Waals surface area contributed by atoms with Crippen LogP contribution in [0, 0.1) is 5.82 Å². The maximum atomic E-state index is 13.3. The molecular weight excluding hydrogens is 337 g/mol. The molecule has 0 saturated heterocycles. The highest BCUT2D eigenvalue weighted by molar-refractivity contribution is 5.77. The first-order chi connectivity index (χ1) is 12.7. The molecule has 1 N–H and O–H groups in total. The van der Waals surface area contributed by atoms with Gasteiger partial charge in [-0.05, 0) is 52.4 Å². The fourth-order valence-corrected chi connectivity index (χ4v) is 3.02. The molecule has 0 aliphatic carbocycles. The lowest BCUT2D eigenvalue weighted by atomic mass is 10.0. The van der Waals surface area contributed by atoms with Crippen molar-refractivity contribution in [3.8, 4) is 11.5 Å². The van der Waals surface area contributed by atoms with Gasteiger partial charge >= 0.3 is 0 Å². The number of hydrogen-bond acceptors (Lipinski definition) is 6. The molecular formula is C18H16FN5O2. The minimum absolute atomic E-state index is 0.291. The molecule has 0 radical (unpaired) electrons. The normalized spacial score (nSPS) is 15.7. The van der Waals surface area contributed by atoms with Crippen molar-refractivity contribution in [2.45, 2.75) is 6.04 Å². The Morgan fingerprint density at radius 2 is 1.88 bits per heavy atom. The molecule has 1 unspecified atom stereocenters. The van der Waals surface area contributed by atoms with Gasteiger partial charge in [0, 0.05) is 11.3 Å². The second-order valence-corrected chi connectivity index (χ2v) is 5.69. The zero-order valence-electron chi connectivity index (χ0n) is 14.2. The van der Waals surface area contributed by atoms with E-state index in [0.717, 1.165) is 16.8 Å². The van der Waals surface area contributed by atoms with Crippen LogP contribution in [0.15, 0.2) is 48.5 Å². The molecule has 1 aliphatic heterocycles. The summed E-state index contributed by atoms with van der Waals surface area (Å²) in [5.41, 5.74) is 2.45. The van der Waals surface area contributed by atoms with Crippen LogP contribution < -0.4 is 14.8 Å². The predicted octanol–water partition coefficient (Wildman–Crippen LogP) is 2.89. The minimum Gasteiger partial charge on any atom is -0.493 e. The molecule has 0 saturated carbocycles. The van der Waals surface area contributed by atoms with Crippen LogP contribution in [-0.4, -0.2) is 34.4 Å². The van der Waals surface area contributed by atoms with Gasteiger partial charge in [0.1, 0.15) is 11.9 Å². The summed E-state index contributed by atoms with van der Waals surface area (Å²) in [6.07, 6.45) is 1.97. The molecule has 26 heavy (non-hydrogen) atoms. The third-order valence-electron chi connectivity index (χ3n) is 4.23. The number of methoxy groups -OCH3 is 2. The van der Waals surface area contributed by atoms with Gasteiger partial charge in [-0.2, -0.15) is 4.68 Å². The van der Waals surface area contributed by atoms with Crippen LogP contribution in [0.3, 0.4) is 0 Å². The number of hydrogen-bond donors (Lipinski definition) is 1. The molecule has 8 heteroatoms. The van der Waals surface area contributed by atoms with Gasteiger partial charge < -0.3 is 14.8 Å². The number of rotatable bonds is 4. The highest BCUT2D eigenvalue weighted by atomic mass is 19.1. The summed E-state index contributed by atoms with van der Waals surface area (Å²) >= 11 is 0. The summed E-state index contributed by atoms with van der Waals surface area (Å²) in [6.45, 7) is 0. The number of tetrazole rings is 1. The van der Waals surface area contributed by atoms with E-state index >= 15 is 0 Å². The Morgan fingerprint density at radius 1 is 1.08 bits per heavy atom. The summed E-state index contributed by atoms with van der Waals surface area (Å²) < 4.78 is 25.9. The quantitative estimate of drug-likeness (QED) is 0.777. The number of ether oxygens (including phenoxy) is 2. The molecule has 4 rings (SSSR count). The Hall–Kier alpha value is -3.42. The molecule has 0 spiro atoms. The minimum atomic E-state index is -0.314. The monoisotopic (exact) mass is 353 g/mol. The second-order valence-electron chi connectivity index (χ2n) is 5.69. The van der Waals surface area contributed by atoms with Gasteiger partial charge in [-0.15, -0.1) is 0 Å². The van der Waals surface area contributed by atoms with Crippen molar-refractivity contribution < 1.29 is 13.9 Å². The molecule has 2 heterocycles. The fourth-order valence-electron chi connectivity index (χ4n) is 3.02. The van der Waals surface area contributed by atoms with Gasteiger partial charge in [0.05, 0.1) is 14.2 Å². The zero-order chi connectivity index (χ0) is 18.1. The molecule has 0 amide bonds. The van der Waals surface area contributed by atoms with E-state index in [1.54, 1.807) is 31.0 Å². The van der Waals surface area contributed by atoms with Gasteiger partial charge in [-0.25, -0.2) is 4.39 Å². The van der Waals surface area contributed by atoms with E-state index in [2.05, 4.69) is 20.8 Å². The summed E-state index contributed by atoms with van der Waals surface area (Å²) in [5, 5.41) is 15.0. The molecule has 3 aromatic rings. The smallest absolute Gasteiger partial charge is 0.248 e. The van der Waals surface area contributed by atoms with E-state index in [0.29, 0.717) is 17.4 Å². The van der Waals surface area contributed by atoms with Crippen molar-refractivity contribution in [1.29, 1.82) is 0 Å². The first kappa shape index (κ1) is 16.1. The van der Waals surface area contributed by atoms with E-state index in [9.17, 15) is 4.39 Å². The number of anilines is 1. The van der Waals surface area contributed by atoms with Crippen LogP contribution in [0.25, 0.3) is 5.70 Å². The van der Waals surface area contributed by atoms with Crippen molar-refractivity contribution in [1.82, 2.24) is 20.2 Å². The van der Waals surface area contributed by atoms with Crippen LogP contribution >= 0.6 is 0 Å². The number of fused-ring (bicyclic) bond motifs is 1. The van der Waals surface area contributed by atoms with Gasteiger partial charge in [0.15, 0.2) is 11.5 Å². The average molecular weight is 353 g/mol. The summed E-state index contributed by atoms with van der Waals surface area (Å²) in [7, 11) is 3.18. The van der Waals surface area contributed by atoms with Crippen LogP contribution in [-0.2, 0) is 0 Å². The number of benzene rings is 2. The van der Waals surface area contributed by atoms with E-state index in [-0.39, 0.29) is 11.9 Å². The number of allylic oxidation sites excluding steroid dienone is 1. The van der Waals surface area contributed by atoms with Gasteiger partial charge in [-0.1, -0.05) is 17.2 Å². The number of para-hydroxylation sites is 1. The first-order valence-electron chi connectivity index (χ1n) is 7.95. The Labute approximate surface area is 149 Å². The van der Waals surface area contributed by atoms with E-state index in [1.807, 2.05) is 24.3 Å². The zero-order valence-corrected chi connectivity index (χ0v) is 14.2. The maximum absolute atomic E-state index is 13.3. The van der Waals surface area contributed by atoms with Crippen molar-refractivity contribution in [2.75, 3.05) is 19.5 Å². The summed E-state index contributed by atoms with van der Waals surface area (Å²) in [6, 6.07) is 11.6. The molecule has 2 aromatic carbocycles. The fraction of sp³-hybridized carbons (Fsp3) is 0.167. The number of nitrogens with one attached hydrogen (secondary N) is 1. The second kappa shape index (κ2) is 6.47. The predicted molar refractivity (Wildman–Crippen MR) is 93.5 cm³/mol. The lowest BCUT2D eigenvalue weighted by Gasteiger charge is -2.25. The van der Waals surface area contributed by atoms with Crippen molar-refractivity contribution in [2.24, 2.45) is 0 Å². The van der Waals surface area contributed by atoms with Crippen LogP contribution in [0.5, 0.6) is 11.5 Å². The maximum Gasteiger partial charge on any atom is 0.248 e. The summed E-state index contributed by atoms with van der Waals surface area (Å²) in [5.74, 6) is 1.43. The Kier molecular flexibility index (Phi) is 4.00. The molecule has 1 aliphatic rings. The summed E-state index contributed by atoms with van der Waals surface area (Å²) in [4.78, 5) is 0. The Balaban J connectivity index is 1.85. The van der Waals surface area contributed by atoms with Crippen molar-refractivity contribution in [3.05, 3.63) is 65.5 Å². The van der Waals surface area contributed by atoms with Crippen molar-refractivity contribution in [3.63, 3.8) is 0 Å². The standard InChI is InChI=1S/C18H16FN5O2/c1-25-16-5-3-4-13(17(16)26-2)15-10-14(11-6-8-12(19)9-7-11)20-18-21-22-23-24(15)18/h3-10,15H,1-2H3,(H,20,21,23). The van der Waals surface area contributed by atoms with Crippen LogP contribution in [0.2, 0.25) is 0 Å². The third-order valence-corrected chi connectivity index (χ3v) is 4.23. The highest BCUT2D eigenvalue weighted by Gasteiger charge is 2.27. The molecule has 0 fully saturated rings. The van der Waals surface area contributed by atoms with Gasteiger partial charge in [0.25, 0.3) is 0 Å².